The zero-order valence-electron chi connectivity index (χ0n) is 10.9. The minimum absolute atomic E-state index is 0.118. The average Bonchev–Trinajstić information content (AvgIpc) is 2.38. The Morgan fingerprint density at radius 1 is 1.39 bits per heavy atom. The third kappa shape index (κ3) is 4.15. The average molecular weight is 247 g/mol. The number of rotatable bonds is 4. The molecule has 1 amide bonds. The summed E-state index contributed by atoms with van der Waals surface area (Å²) in [5, 5.41) is 2.95. The zero-order valence-corrected chi connectivity index (χ0v) is 10.9. The van der Waals surface area contributed by atoms with E-state index in [1.807, 2.05) is 31.2 Å². The smallest absolute Gasteiger partial charge is 0.224 e. The highest BCUT2D eigenvalue weighted by molar-refractivity contribution is 5.90. The van der Waals surface area contributed by atoms with Crippen LogP contribution in [0.5, 0.6) is 0 Å². The van der Waals surface area contributed by atoms with Gasteiger partial charge in [0, 0.05) is 25.3 Å². The SMILES string of the molecule is Cc1cccc(NC(=O)CCC2CCOCC2)c1. The molecule has 1 aromatic carbocycles. The van der Waals surface area contributed by atoms with Crippen molar-refractivity contribution in [3.05, 3.63) is 29.8 Å². The summed E-state index contributed by atoms with van der Waals surface area (Å²) in [5.41, 5.74) is 2.06. The van der Waals surface area contributed by atoms with E-state index in [1.165, 1.54) is 0 Å². The van der Waals surface area contributed by atoms with Gasteiger partial charge in [0.15, 0.2) is 0 Å². The lowest BCUT2D eigenvalue weighted by molar-refractivity contribution is -0.116. The lowest BCUT2D eigenvalue weighted by Gasteiger charge is -2.21. The van der Waals surface area contributed by atoms with Crippen LogP contribution in [-0.2, 0) is 9.53 Å². The standard InChI is InChI=1S/C15H21NO2/c1-12-3-2-4-14(11-12)16-15(17)6-5-13-7-9-18-10-8-13/h2-4,11,13H,5-10H2,1H3,(H,16,17). The summed E-state index contributed by atoms with van der Waals surface area (Å²) in [4.78, 5) is 11.8. The van der Waals surface area contributed by atoms with E-state index < -0.39 is 0 Å². The van der Waals surface area contributed by atoms with Gasteiger partial charge in [-0.05, 0) is 49.8 Å². The Bertz CT molecular complexity index is 397. The van der Waals surface area contributed by atoms with Gasteiger partial charge in [0.2, 0.25) is 5.91 Å². The van der Waals surface area contributed by atoms with Crippen molar-refractivity contribution in [3.8, 4) is 0 Å². The molecule has 2 rings (SSSR count). The van der Waals surface area contributed by atoms with Crippen molar-refractivity contribution in [2.75, 3.05) is 18.5 Å². The molecule has 0 aliphatic carbocycles. The summed E-state index contributed by atoms with van der Waals surface area (Å²) in [6, 6.07) is 7.91. The Labute approximate surface area is 109 Å². The molecule has 98 valence electrons. The van der Waals surface area contributed by atoms with E-state index in [1.54, 1.807) is 0 Å². The normalized spacial score (nSPS) is 16.5. The number of amides is 1. The molecule has 1 heterocycles. The van der Waals surface area contributed by atoms with E-state index in [9.17, 15) is 4.79 Å². The molecule has 3 nitrogen and oxygen atoms in total. The van der Waals surface area contributed by atoms with E-state index in [2.05, 4.69) is 5.32 Å². The van der Waals surface area contributed by atoms with Crippen molar-refractivity contribution in [1.29, 1.82) is 0 Å². The summed E-state index contributed by atoms with van der Waals surface area (Å²) in [5.74, 6) is 0.772. The van der Waals surface area contributed by atoms with E-state index >= 15 is 0 Å². The molecular weight excluding hydrogens is 226 g/mol. The highest BCUT2D eigenvalue weighted by Gasteiger charge is 2.15. The van der Waals surface area contributed by atoms with Crippen LogP contribution in [0.15, 0.2) is 24.3 Å². The molecule has 1 saturated heterocycles. The second kappa shape index (κ2) is 6.55. The van der Waals surface area contributed by atoms with Gasteiger partial charge in [-0.25, -0.2) is 0 Å². The first kappa shape index (κ1) is 13.1. The molecule has 0 spiro atoms. The summed E-state index contributed by atoms with van der Waals surface area (Å²) in [6.07, 6.45) is 3.77. The van der Waals surface area contributed by atoms with Crippen LogP contribution in [0.1, 0.15) is 31.2 Å². The van der Waals surface area contributed by atoms with Crippen molar-refractivity contribution in [2.24, 2.45) is 5.92 Å². The monoisotopic (exact) mass is 247 g/mol. The number of carbonyl (C=O) groups excluding carboxylic acids is 1. The Hall–Kier alpha value is -1.35. The molecule has 1 aromatic rings. The van der Waals surface area contributed by atoms with E-state index in [4.69, 9.17) is 4.74 Å². The molecule has 0 saturated carbocycles. The Balaban J connectivity index is 1.74. The number of nitrogens with one attached hydrogen (secondary N) is 1. The molecule has 1 aliphatic heterocycles. The van der Waals surface area contributed by atoms with Gasteiger partial charge in [0.1, 0.15) is 0 Å². The van der Waals surface area contributed by atoms with Crippen LogP contribution in [0, 0.1) is 12.8 Å². The number of anilines is 1. The summed E-state index contributed by atoms with van der Waals surface area (Å²) in [6.45, 7) is 3.73. The molecule has 3 heteroatoms. The van der Waals surface area contributed by atoms with Crippen LogP contribution in [0.4, 0.5) is 5.69 Å². The Kier molecular flexibility index (Phi) is 4.76. The number of ether oxygens (including phenoxy) is 1. The van der Waals surface area contributed by atoms with Gasteiger partial charge in [0.05, 0.1) is 0 Å². The molecule has 18 heavy (non-hydrogen) atoms. The minimum Gasteiger partial charge on any atom is -0.381 e. The zero-order chi connectivity index (χ0) is 12.8. The number of hydrogen-bond donors (Lipinski definition) is 1. The number of benzene rings is 1. The molecule has 0 bridgehead atoms. The predicted molar refractivity (Wildman–Crippen MR) is 72.6 cm³/mol. The maximum Gasteiger partial charge on any atom is 0.224 e. The first-order chi connectivity index (χ1) is 8.74. The van der Waals surface area contributed by atoms with Gasteiger partial charge >= 0.3 is 0 Å². The van der Waals surface area contributed by atoms with Crippen molar-refractivity contribution in [3.63, 3.8) is 0 Å². The third-order valence-corrected chi connectivity index (χ3v) is 3.42. The Morgan fingerprint density at radius 3 is 2.89 bits per heavy atom. The first-order valence-corrected chi connectivity index (χ1v) is 6.68. The van der Waals surface area contributed by atoms with Gasteiger partial charge in [0.25, 0.3) is 0 Å². The number of aryl methyl sites for hydroxylation is 1. The third-order valence-electron chi connectivity index (χ3n) is 3.42. The topological polar surface area (TPSA) is 38.3 Å². The maximum absolute atomic E-state index is 11.8. The quantitative estimate of drug-likeness (QED) is 0.887. The van der Waals surface area contributed by atoms with E-state index in [0.717, 1.165) is 43.7 Å². The van der Waals surface area contributed by atoms with Gasteiger partial charge in [-0.15, -0.1) is 0 Å². The molecule has 0 atom stereocenters. The largest absolute Gasteiger partial charge is 0.381 e. The van der Waals surface area contributed by atoms with Crippen LogP contribution in [0.2, 0.25) is 0 Å². The van der Waals surface area contributed by atoms with Crippen molar-refractivity contribution in [2.45, 2.75) is 32.6 Å². The fraction of sp³-hybridized carbons (Fsp3) is 0.533. The van der Waals surface area contributed by atoms with Gasteiger partial charge in [-0.1, -0.05) is 12.1 Å². The van der Waals surface area contributed by atoms with Crippen LogP contribution in [-0.4, -0.2) is 19.1 Å². The number of hydrogen-bond acceptors (Lipinski definition) is 2. The van der Waals surface area contributed by atoms with E-state index in [-0.39, 0.29) is 5.91 Å². The first-order valence-electron chi connectivity index (χ1n) is 6.68. The molecule has 1 fully saturated rings. The van der Waals surface area contributed by atoms with Gasteiger partial charge < -0.3 is 10.1 Å². The van der Waals surface area contributed by atoms with Crippen molar-refractivity contribution in [1.82, 2.24) is 0 Å². The molecular formula is C15H21NO2. The highest BCUT2D eigenvalue weighted by Crippen LogP contribution is 2.20. The van der Waals surface area contributed by atoms with Gasteiger partial charge in [-0.3, -0.25) is 4.79 Å². The van der Waals surface area contributed by atoms with Crippen LogP contribution >= 0.6 is 0 Å². The minimum atomic E-state index is 0.118. The van der Waals surface area contributed by atoms with Crippen molar-refractivity contribution < 1.29 is 9.53 Å². The van der Waals surface area contributed by atoms with Crippen LogP contribution in [0.25, 0.3) is 0 Å². The van der Waals surface area contributed by atoms with Gasteiger partial charge in [-0.2, -0.15) is 0 Å². The molecule has 0 unspecified atom stereocenters. The second-order valence-electron chi connectivity index (χ2n) is 5.01. The number of carbonyl (C=O) groups is 1. The fourth-order valence-electron chi connectivity index (χ4n) is 2.32. The molecule has 1 N–H and O–H groups in total. The highest BCUT2D eigenvalue weighted by atomic mass is 16.5. The van der Waals surface area contributed by atoms with Crippen molar-refractivity contribution >= 4 is 11.6 Å². The lowest BCUT2D eigenvalue weighted by atomic mass is 9.95. The lowest BCUT2D eigenvalue weighted by Crippen LogP contribution is -2.18. The molecule has 1 aliphatic rings. The Morgan fingerprint density at radius 2 is 2.17 bits per heavy atom. The summed E-state index contributed by atoms with van der Waals surface area (Å²) in [7, 11) is 0. The fourth-order valence-corrected chi connectivity index (χ4v) is 2.32. The van der Waals surface area contributed by atoms with Crippen LogP contribution < -0.4 is 5.32 Å². The second-order valence-corrected chi connectivity index (χ2v) is 5.01. The van der Waals surface area contributed by atoms with E-state index in [0.29, 0.717) is 12.3 Å². The summed E-state index contributed by atoms with van der Waals surface area (Å²) < 4.78 is 5.31. The maximum atomic E-state index is 11.8. The molecule has 0 aromatic heterocycles. The predicted octanol–water partition coefficient (Wildman–Crippen LogP) is 3.14. The molecule has 0 radical (unpaired) electrons. The van der Waals surface area contributed by atoms with Crippen LogP contribution in [0.3, 0.4) is 0 Å². The summed E-state index contributed by atoms with van der Waals surface area (Å²) >= 11 is 0.